The van der Waals surface area contributed by atoms with Gasteiger partial charge >= 0.3 is 11.9 Å². The molecular formula is C11H18O7. The minimum Gasteiger partial charge on any atom is -0.463 e. The monoisotopic (exact) mass is 262 g/mol. The molecule has 0 aromatic carbocycles. The van der Waals surface area contributed by atoms with E-state index in [1.807, 2.05) is 0 Å². The topological polar surface area (TPSA) is 102 Å². The van der Waals surface area contributed by atoms with E-state index in [2.05, 4.69) is 0 Å². The summed E-state index contributed by atoms with van der Waals surface area (Å²) in [5.74, 6) is -1.56. The van der Waals surface area contributed by atoms with Crippen LogP contribution in [-0.4, -0.2) is 53.4 Å². The second-order valence-corrected chi connectivity index (χ2v) is 4.30. The average molecular weight is 262 g/mol. The molecule has 7 heteroatoms. The summed E-state index contributed by atoms with van der Waals surface area (Å²) in [7, 11) is 0. The van der Waals surface area contributed by atoms with E-state index in [-0.39, 0.29) is 6.61 Å². The molecule has 5 atom stereocenters. The van der Waals surface area contributed by atoms with Crippen LogP contribution >= 0.6 is 0 Å². The fourth-order valence-corrected chi connectivity index (χ4v) is 1.72. The van der Waals surface area contributed by atoms with Gasteiger partial charge in [0.25, 0.3) is 0 Å². The Bertz CT molecular complexity index is 315. The van der Waals surface area contributed by atoms with E-state index in [0.717, 1.165) is 0 Å². The van der Waals surface area contributed by atoms with Crippen molar-refractivity contribution in [2.45, 2.75) is 45.4 Å². The number of carbonyl (C=O) groups is 2. The van der Waals surface area contributed by atoms with Crippen LogP contribution in [0, 0.1) is 5.92 Å². The third-order valence-electron chi connectivity index (χ3n) is 2.80. The Morgan fingerprint density at radius 2 is 1.78 bits per heavy atom. The predicted molar refractivity (Wildman–Crippen MR) is 58.2 cm³/mol. The molecule has 0 aliphatic carbocycles. The molecule has 1 aliphatic rings. The van der Waals surface area contributed by atoms with Crippen LogP contribution < -0.4 is 0 Å². The number of aliphatic hydroxyl groups excluding tert-OH is 2. The van der Waals surface area contributed by atoms with Crippen LogP contribution in [0.4, 0.5) is 0 Å². The zero-order valence-electron chi connectivity index (χ0n) is 10.5. The molecule has 1 heterocycles. The Kier molecular flexibility index (Phi) is 5.06. The van der Waals surface area contributed by atoms with Crippen LogP contribution in [0.2, 0.25) is 0 Å². The lowest BCUT2D eigenvalue weighted by Gasteiger charge is -2.40. The molecule has 1 rings (SSSR count). The third kappa shape index (κ3) is 3.66. The van der Waals surface area contributed by atoms with Crippen molar-refractivity contribution in [1.82, 2.24) is 0 Å². The van der Waals surface area contributed by atoms with Crippen molar-refractivity contribution in [3.63, 3.8) is 0 Å². The molecule has 2 N–H and O–H groups in total. The summed E-state index contributed by atoms with van der Waals surface area (Å²) < 4.78 is 14.9. The van der Waals surface area contributed by atoms with E-state index in [4.69, 9.17) is 14.2 Å². The van der Waals surface area contributed by atoms with Crippen molar-refractivity contribution in [2.24, 2.45) is 5.92 Å². The molecular weight excluding hydrogens is 244 g/mol. The third-order valence-corrected chi connectivity index (χ3v) is 2.80. The maximum absolute atomic E-state index is 10.8. The smallest absolute Gasteiger partial charge is 0.305 e. The van der Waals surface area contributed by atoms with Crippen molar-refractivity contribution in [3.8, 4) is 0 Å². The van der Waals surface area contributed by atoms with Gasteiger partial charge in [-0.05, 0) is 0 Å². The molecule has 0 aromatic heterocycles. The van der Waals surface area contributed by atoms with Crippen molar-refractivity contribution >= 4 is 11.9 Å². The van der Waals surface area contributed by atoms with E-state index in [0.29, 0.717) is 0 Å². The van der Waals surface area contributed by atoms with E-state index < -0.39 is 42.5 Å². The first-order chi connectivity index (χ1) is 8.32. The van der Waals surface area contributed by atoms with Crippen LogP contribution in [0.25, 0.3) is 0 Å². The van der Waals surface area contributed by atoms with Gasteiger partial charge in [0, 0.05) is 19.8 Å². The number of carbonyl (C=O) groups excluding carboxylic acids is 2. The maximum atomic E-state index is 10.8. The summed E-state index contributed by atoms with van der Waals surface area (Å²) in [5.41, 5.74) is 0. The molecule has 18 heavy (non-hydrogen) atoms. The highest BCUT2D eigenvalue weighted by Gasteiger charge is 2.44. The summed E-state index contributed by atoms with van der Waals surface area (Å²) in [4.78, 5) is 21.6. The van der Waals surface area contributed by atoms with Crippen LogP contribution in [0.5, 0.6) is 0 Å². The number of hydrogen-bond acceptors (Lipinski definition) is 7. The lowest BCUT2D eigenvalue weighted by atomic mass is 9.91. The quantitative estimate of drug-likeness (QED) is 0.641. The van der Waals surface area contributed by atoms with Gasteiger partial charge < -0.3 is 24.4 Å². The lowest BCUT2D eigenvalue weighted by Crippen LogP contribution is -2.56. The number of rotatable bonds is 3. The molecule has 1 fully saturated rings. The number of hydrogen-bond donors (Lipinski definition) is 2. The van der Waals surface area contributed by atoms with Gasteiger partial charge in [0.05, 0.1) is 6.10 Å². The molecule has 0 amide bonds. The zero-order chi connectivity index (χ0) is 13.9. The fraction of sp³-hybridized carbons (Fsp3) is 0.818. The number of ether oxygens (including phenoxy) is 3. The van der Waals surface area contributed by atoms with Crippen molar-refractivity contribution in [3.05, 3.63) is 0 Å². The molecule has 2 unspecified atom stereocenters. The van der Waals surface area contributed by atoms with Crippen molar-refractivity contribution in [2.75, 3.05) is 6.61 Å². The molecule has 0 bridgehead atoms. The SMILES string of the molecule is CC(=O)OCC1O[C@@H](OC(C)=O)C(O)[C@@H](O)[C@@H]1C. The summed E-state index contributed by atoms with van der Waals surface area (Å²) in [6, 6.07) is 0. The van der Waals surface area contributed by atoms with Crippen molar-refractivity contribution < 1.29 is 34.0 Å². The minimum absolute atomic E-state index is 0.0714. The highest BCUT2D eigenvalue weighted by Crippen LogP contribution is 2.26. The first-order valence-electron chi connectivity index (χ1n) is 5.65. The second-order valence-electron chi connectivity index (χ2n) is 4.30. The molecule has 0 aromatic rings. The molecule has 104 valence electrons. The molecule has 1 aliphatic heterocycles. The minimum atomic E-state index is -1.32. The fourth-order valence-electron chi connectivity index (χ4n) is 1.72. The summed E-state index contributed by atoms with van der Waals surface area (Å²) in [5, 5.41) is 19.5. The van der Waals surface area contributed by atoms with Gasteiger partial charge in [-0.25, -0.2) is 0 Å². The van der Waals surface area contributed by atoms with E-state index >= 15 is 0 Å². The Morgan fingerprint density at radius 3 is 2.28 bits per heavy atom. The highest BCUT2D eigenvalue weighted by molar-refractivity contribution is 5.66. The Morgan fingerprint density at radius 1 is 1.17 bits per heavy atom. The standard InChI is InChI=1S/C11H18O7/c1-5-8(4-16-6(2)12)18-11(17-7(3)13)10(15)9(5)14/h5,8-11,14-15H,4H2,1-3H3/t5-,8?,9+,10?,11-/m1/s1. The van der Waals surface area contributed by atoms with Gasteiger partial charge in [-0.15, -0.1) is 0 Å². The van der Waals surface area contributed by atoms with E-state index in [1.54, 1.807) is 6.92 Å². The number of esters is 2. The van der Waals surface area contributed by atoms with Crippen LogP contribution in [0.3, 0.4) is 0 Å². The summed E-state index contributed by atoms with van der Waals surface area (Å²) in [6.07, 6.45) is -4.34. The maximum Gasteiger partial charge on any atom is 0.305 e. The molecule has 1 saturated heterocycles. The van der Waals surface area contributed by atoms with Crippen LogP contribution in [-0.2, 0) is 23.8 Å². The highest BCUT2D eigenvalue weighted by atomic mass is 16.7. The Hall–Kier alpha value is -1.18. The Balaban J connectivity index is 2.67. The molecule has 7 nitrogen and oxygen atoms in total. The van der Waals surface area contributed by atoms with Gasteiger partial charge in [-0.1, -0.05) is 6.92 Å². The lowest BCUT2D eigenvalue weighted by molar-refractivity contribution is -0.279. The van der Waals surface area contributed by atoms with E-state index in [9.17, 15) is 19.8 Å². The zero-order valence-corrected chi connectivity index (χ0v) is 10.5. The number of aliphatic hydroxyl groups is 2. The summed E-state index contributed by atoms with van der Waals surface area (Å²) in [6.45, 7) is 3.99. The normalized spacial score (nSPS) is 35.9. The molecule has 0 radical (unpaired) electrons. The van der Waals surface area contributed by atoms with Crippen LogP contribution in [0.1, 0.15) is 20.8 Å². The van der Waals surface area contributed by atoms with E-state index in [1.165, 1.54) is 13.8 Å². The van der Waals surface area contributed by atoms with Gasteiger partial charge in [0.2, 0.25) is 6.29 Å². The van der Waals surface area contributed by atoms with Gasteiger partial charge in [0.1, 0.15) is 18.8 Å². The molecule has 0 saturated carbocycles. The second kappa shape index (κ2) is 6.12. The van der Waals surface area contributed by atoms with Gasteiger partial charge in [-0.3, -0.25) is 9.59 Å². The Labute approximate surface area is 105 Å². The van der Waals surface area contributed by atoms with Gasteiger partial charge in [-0.2, -0.15) is 0 Å². The first-order valence-corrected chi connectivity index (χ1v) is 5.65. The summed E-state index contributed by atoms with van der Waals surface area (Å²) >= 11 is 0. The predicted octanol–water partition coefficient (Wildman–Crippen LogP) is -0.805. The largest absolute Gasteiger partial charge is 0.463 e. The van der Waals surface area contributed by atoms with Crippen molar-refractivity contribution in [1.29, 1.82) is 0 Å². The van der Waals surface area contributed by atoms with Gasteiger partial charge in [0.15, 0.2) is 0 Å². The average Bonchev–Trinajstić information content (AvgIpc) is 2.27. The van der Waals surface area contributed by atoms with Crippen LogP contribution in [0.15, 0.2) is 0 Å². The molecule has 0 spiro atoms. The first kappa shape index (κ1) is 14.9.